The highest BCUT2D eigenvalue weighted by atomic mass is 16.2. The molecule has 6 aliphatic rings. The lowest BCUT2D eigenvalue weighted by molar-refractivity contribution is -0.136. The van der Waals surface area contributed by atoms with Crippen LogP contribution in [-0.4, -0.2) is 132 Å². The molecule has 1 spiro atoms. The molecule has 2 atom stereocenters. The highest BCUT2D eigenvalue weighted by Crippen LogP contribution is 2.46. The van der Waals surface area contributed by atoms with Gasteiger partial charge in [-0.25, -0.2) is 14.8 Å². The number of nitrogens with two attached hydrogens (primary N) is 1. The molecular formula is C40H45N11O6. The number of fused-ring (bicyclic) bond motifs is 1. The van der Waals surface area contributed by atoms with Crippen LogP contribution in [0.15, 0.2) is 48.7 Å². The van der Waals surface area contributed by atoms with Crippen molar-refractivity contribution in [2.45, 2.75) is 50.6 Å². The number of carbonyl (C=O) groups excluding carboxylic acids is 6. The summed E-state index contributed by atoms with van der Waals surface area (Å²) in [7, 11) is 1.82. The van der Waals surface area contributed by atoms with Gasteiger partial charge in [0.25, 0.3) is 17.7 Å². The summed E-state index contributed by atoms with van der Waals surface area (Å²) in [5, 5.41) is 5.52. The molecule has 17 heteroatoms. The van der Waals surface area contributed by atoms with Gasteiger partial charge in [-0.15, -0.1) is 0 Å². The van der Waals surface area contributed by atoms with E-state index in [0.29, 0.717) is 35.7 Å². The maximum atomic E-state index is 13.7. The lowest BCUT2D eigenvalue weighted by Crippen LogP contribution is -2.61. The number of primary amides is 1. The average Bonchev–Trinajstić information content (AvgIpc) is 3.67. The van der Waals surface area contributed by atoms with Crippen LogP contribution in [0.25, 0.3) is 0 Å². The molecule has 1 aromatic heterocycles. The van der Waals surface area contributed by atoms with E-state index in [0.717, 1.165) is 81.2 Å². The number of carbonyl (C=O) groups is 6. The molecule has 6 aliphatic heterocycles. The van der Waals surface area contributed by atoms with Gasteiger partial charge in [-0.2, -0.15) is 0 Å². The highest BCUT2D eigenvalue weighted by Gasteiger charge is 2.50. The fourth-order valence-electron chi connectivity index (χ4n) is 9.37. The molecule has 7 heterocycles. The number of nitrogens with zero attached hydrogens (tertiary/aromatic N) is 8. The molecule has 296 valence electrons. The molecule has 17 nitrogen and oxygen atoms in total. The van der Waals surface area contributed by atoms with E-state index in [-0.39, 0.29) is 41.8 Å². The van der Waals surface area contributed by atoms with E-state index in [2.05, 4.69) is 30.3 Å². The summed E-state index contributed by atoms with van der Waals surface area (Å²) in [5.41, 5.74) is 8.97. The van der Waals surface area contributed by atoms with Crippen LogP contribution in [-0.2, 0) is 9.59 Å². The summed E-state index contributed by atoms with van der Waals surface area (Å²) >= 11 is 0. The number of aromatic nitrogens is 2. The van der Waals surface area contributed by atoms with Gasteiger partial charge in [0.05, 0.1) is 29.1 Å². The minimum Gasteiger partial charge on any atom is -0.371 e. The third-order valence-corrected chi connectivity index (χ3v) is 12.6. The van der Waals surface area contributed by atoms with E-state index >= 15 is 0 Å². The summed E-state index contributed by atoms with van der Waals surface area (Å²) in [6, 6.07) is 12.4. The third kappa shape index (κ3) is 6.43. The van der Waals surface area contributed by atoms with Crippen LogP contribution in [0.3, 0.4) is 0 Å². The first kappa shape index (κ1) is 36.4. The van der Waals surface area contributed by atoms with Gasteiger partial charge < -0.3 is 35.6 Å². The summed E-state index contributed by atoms with van der Waals surface area (Å²) in [5.74, 6) is -1.79. The van der Waals surface area contributed by atoms with Crippen molar-refractivity contribution in [3.63, 3.8) is 0 Å². The lowest BCUT2D eigenvalue weighted by atomic mass is 9.71. The summed E-state index contributed by atoms with van der Waals surface area (Å²) in [6.07, 6.45) is 5.51. The van der Waals surface area contributed by atoms with Crippen molar-refractivity contribution in [1.82, 2.24) is 30.0 Å². The first-order valence-electron chi connectivity index (χ1n) is 19.6. The molecule has 4 N–H and O–H groups in total. The number of rotatable bonds is 8. The number of urea groups is 1. The van der Waals surface area contributed by atoms with Gasteiger partial charge in [0.1, 0.15) is 11.9 Å². The number of amides is 7. The van der Waals surface area contributed by atoms with Crippen LogP contribution >= 0.6 is 0 Å². The quantitative estimate of drug-likeness (QED) is 0.283. The molecule has 3 aromatic rings. The summed E-state index contributed by atoms with van der Waals surface area (Å²) in [6.45, 7) is 6.04. The minimum atomic E-state index is -0.998. The largest absolute Gasteiger partial charge is 0.371 e. The maximum Gasteiger partial charge on any atom is 0.320 e. The maximum absolute atomic E-state index is 13.7. The van der Waals surface area contributed by atoms with Crippen LogP contribution in [0.4, 0.5) is 33.5 Å². The van der Waals surface area contributed by atoms with Crippen molar-refractivity contribution in [3.8, 4) is 0 Å². The summed E-state index contributed by atoms with van der Waals surface area (Å²) in [4.78, 5) is 96.8. The zero-order valence-corrected chi connectivity index (χ0v) is 31.8. The molecule has 2 aromatic carbocycles. The second-order valence-corrected chi connectivity index (χ2v) is 16.1. The van der Waals surface area contributed by atoms with E-state index in [1.54, 1.807) is 23.2 Å². The van der Waals surface area contributed by atoms with Crippen molar-refractivity contribution in [1.29, 1.82) is 0 Å². The Hall–Kier alpha value is -6.26. The number of hydrogen-bond acceptors (Lipinski definition) is 12. The van der Waals surface area contributed by atoms with E-state index in [1.165, 1.54) is 0 Å². The zero-order valence-electron chi connectivity index (χ0n) is 31.8. The Labute approximate surface area is 329 Å². The average molecular weight is 776 g/mol. The van der Waals surface area contributed by atoms with E-state index in [1.807, 2.05) is 42.3 Å². The van der Waals surface area contributed by atoms with Crippen molar-refractivity contribution >= 4 is 64.3 Å². The van der Waals surface area contributed by atoms with Gasteiger partial charge in [-0.05, 0) is 68.5 Å². The molecule has 57 heavy (non-hydrogen) atoms. The molecule has 0 aliphatic carbocycles. The minimum absolute atomic E-state index is 0.0478. The van der Waals surface area contributed by atoms with Crippen molar-refractivity contribution in [3.05, 3.63) is 65.5 Å². The monoisotopic (exact) mass is 775 g/mol. The number of piperidine rings is 3. The number of anilines is 5. The van der Waals surface area contributed by atoms with Gasteiger partial charge >= 0.3 is 6.03 Å². The van der Waals surface area contributed by atoms with Gasteiger partial charge in [-0.3, -0.25) is 34.2 Å². The number of nitrogens with one attached hydrogen (secondary N) is 2. The fraction of sp³-hybridized carbons (Fsp3) is 0.450. The smallest absolute Gasteiger partial charge is 0.320 e. The Morgan fingerprint density at radius 2 is 1.67 bits per heavy atom. The van der Waals surface area contributed by atoms with Gasteiger partial charge in [-0.1, -0.05) is 6.07 Å². The highest BCUT2D eigenvalue weighted by molar-refractivity contribution is 6.25. The Morgan fingerprint density at radius 3 is 2.37 bits per heavy atom. The zero-order chi connectivity index (χ0) is 39.6. The molecule has 5 saturated heterocycles. The predicted octanol–water partition coefficient (Wildman–Crippen LogP) is 2.16. The number of hydrogen-bond donors (Lipinski definition) is 3. The molecule has 9 rings (SSSR count). The molecular weight excluding hydrogens is 731 g/mol. The van der Waals surface area contributed by atoms with Crippen LogP contribution < -0.4 is 31.1 Å². The van der Waals surface area contributed by atoms with Crippen LogP contribution in [0.1, 0.15) is 69.7 Å². The van der Waals surface area contributed by atoms with Crippen LogP contribution in [0.2, 0.25) is 0 Å². The Balaban J connectivity index is 0.823. The number of benzene rings is 2. The molecule has 7 amide bonds. The first-order chi connectivity index (χ1) is 27.5. The van der Waals surface area contributed by atoms with E-state index < -0.39 is 35.6 Å². The number of imide groups is 2. The second kappa shape index (κ2) is 14.0. The molecule has 0 bridgehead atoms. The van der Waals surface area contributed by atoms with Gasteiger partial charge in [0.15, 0.2) is 11.5 Å². The van der Waals surface area contributed by atoms with Crippen molar-refractivity contribution in [2.75, 3.05) is 79.4 Å². The fourth-order valence-corrected chi connectivity index (χ4v) is 9.37. The van der Waals surface area contributed by atoms with Crippen LogP contribution in [0, 0.1) is 5.41 Å². The molecule has 5 fully saturated rings. The second-order valence-electron chi connectivity index (χ2n) is 16.1. The van der Waals surface area contributed by atoms with Gasteiger partial charge in [0.2, 0.25) is 11.8 Å². The molecule has 0 saturated carbocycles. The van der Waals surface area contributed by atoms with Crippen molar-refractivity contribution < 1.29 is 28.8 Å². The predicted molar refractivity (Wildman–Crippen MR) is 209 cm³/mol. The number of likely N-dealkylation sites (N-methyl/N-ethyl adjacent to an activating group) is 1. The first-order valence-corrected chi connectivity index (χ1v) is 19.6. The third-order valence-electron chi connectivity index (χ3n) is 12.6. The topological polar surface area (TPSA) is 198 Å². The van der Waals surface area contributed by atoms with E-state index in [4.69, 9.17) is 10.7 Å². The molecule has 0 radical (unpaired) electrons. The van der Waals surface area contributed by atoms with Crippen molar-refractivity contribution in [2.24, 2.45) is 11.1 Å². The Bertz CT molecular complexity index is 2180. The molecule has 1 unspecified atom stereocenters. The Morgan fingerprint density at radius 1 is 0.895 bits per heavy atom. The lowest BCUT2D eigenvalue weighted by Gasteiger charge is -2.55. The van der Waals surface area contributed by atoms with Crippen LogP contribution in [0.5, 0.6) is 0 Å². The van der Waals surface area contributed by atoms with E-state index in [9.17, 15) is 28.8 Å². The normalized spacial score (nSPS) is 23.3. The summed E-state index contributed by atoms with van der Waals surface area (Å²) < 4.78 is 0. The SMILES string of the molecule is CN1CCN([C@@H]2CCCN(c3cnc(C(N)=O)c(Nc4ccc(N5CCC6(CC5)CN(c5cccc7c5C(=O)N(C5CCC(=O)NC5=O)C7=O)C6)cc4)n3)C2)C1=O. The standard InChI is InChI=1S/C40H45N11O6/c1-46-18-19-50(39(46)57)26-4-3-15-48(21-26)30-20-42-33(34(41)53)35(44-30)43-24-7-9-25(10-8-24)47-16-13-40(14-17-47)22-49(23-40)28-6-2-5-27-32(28)38(56)51(37(27)55)29-11-12-31(52)45-36(29)54/h2,5-10,20,26,29H,3-4,11-19,21-23H2,1H3,(H2,41,53)(H,43,44)(H,45,52,54)/t26-,29?/m1/s1. The Kier molecular flexibility index (Phi) is 8.96. The van der Waals surface area contributed by atoms with Gasteiger partial charge in [0, 0.05) is 82.6 Å².